The van der Waals surface area contributed by atoms with E-state index in [4.69, 9.17) is 5.73 Å². The normalized spacial score (nSPS) is 12.9. The van der Waals surface area contributed by atoms with Crippen LogP contribution in [0.3, 0.4) is 0 Å². The summed E-state index contributed by atoms with van der Waals surface area (Å²) in [4.78, 5) is 2.40. The topological polar surface area (TPSA) is 29.3 Å². The largest absolute Gasteiger partial charge is 0.399 e. The van der Waals surface area contributed by atoms with Gasteiger partial charge in [0.25, 0.3) is 0 Å². The third-order valence-corrected chi connectivity index (χ3v) is 3.38. The fraction of sp³-hybridized carbons (Fsp3) is 0.600. The molecule has 0 aromatic heterocycles. The summed E-state index contributed by atoms with van der Waals surface area (Å²) in [5, 5.41) is 0. The highest BCUT2D eigenvalue weighted by Crippen LogP contribution is 2.16. The molecule has 0 saturated carbocycles. The zero-order valence-corrected chi connectivity index (χ0v) is 11.7. The van der Waals surface area contributed by atoms with Crippen molar-refractivity contribution in [3.8, 4) is 0 Å². The first-order valence-electron chi connectivity index (χ1n) is 6.85. The zero-order chi connectivity index (χ0) is 13.5. The van der Waals surface area contributed by atoms with Crippen molar-refractivity contribution in [1.29, 1.82) is 0 Å². The van der Waals surface area contributed by atoms with Crippen LogP contribution in [0.2, 0.25) is 0 Å². The summed E-state index contributed by atoms with van der Waals surface area (Å²) >= 11 is 0. The Hall–Kier alpha value is -1.09. The molecule has 0 aliphatic heterocycles. The number of nitrogens with zero attached hydrogens (tertiary/aromatic N) is 1. The second-order valence-electron chi connectivity index (χ2n) is 4.97. The highest BCUT2D eigenvalue weighted by atomic mass is 19.1. The Balaban J connectivity index is 2.74. The standard InChI is InChI=1S/C15H25FN2/c1-4-6-7-18(12(3)5-2)11-13-8-14(16)10-15(17)9-13/h8-10,12H,4-7,11,17H2,1-3H3. The minimum Gasteiger partial charge on any atom is -0.399 e. The third-order valence-electron chi connectivity index (χ3n) is 3.38. The summed E-state index contributed by atoms with van der Waals surface area (Å²) in [7, 11) is 0. The van der Waals surface area contributed by atoms with E-state index in [9.17, 15) is 4.39 Å². The number of benzene rings is 1. The molecule has 102 valence electrons. The Morgan fingerprint density at radius 1 is 1.28 bits per heavy atom. The van der Waals surface area contributed by atoms with Crippen LogP contribution in [0.15, 0.2) is 18.2 Å². The van der Waals surface area contributed by atoms with Crippen molar-refractivity contribution in [2.45, 2.75) is 52.6 Å². The summed E-state index contributed by atoms with van der Waals surface area (Å²) in [6.07, 6.45) is 3.46. The molecule has 1 atom stereocenters. The molecule has 1 aromatic carbocycles. The highest BCUT2D eigenvalue weighted by Gasteiger charge is 2.12. The molecule has 2 nitrogen and oxygen atoms in total. The summed E-state index contributed by atoms with van der Waals surface area (Å²) in [5.74, 6) is -0.246. The number of unbranched alkanes of at least 4 members (excludes halogenated alkanes) is 1. The fourth-order valence-corrected chi connectivity index (χ4v) is 2.08. The molecule has 0 spiro atoms. The number of nitrogens with two attached hydrogens (primary N) is 1. The fourth-order valence-electron chi connectivity index (χ4n) is 2.08. The van der Waals surface area contributed by atoms with Gasteiger partial charge in [-0.3, -0.25) is 4.90 Å². The van der Waals surface area contributed by atoms with Gasteiger partial charge in [-0.05, 0) is 50.1 Å². The Morgan fingerprint density at radius 3 is 2.56 bits per heavy atom. The Labute approximate surface area is 110 Å². The van der Waals surface area contributed by atoms with Gasteiger partial charge in [0.2, 0.25) is 0 Å². The predicted molar refractivity (Wildman–Crippen MR) is 75.9 cm³/mol. The van der Waals surface area contributed by atoms with Crippen LogP contribution >= 0.6 is 0 Å². The smallest absolute Gasteiger partial charge is 0.125 e. The van der Waals surface area contributed by atoms with Crippen LogP contribution in [0.4, 0.5) is 10.1 Å². The lowest BCUT2D eigenvalue weighted by molar-refractivity contribution is 0.192. The minimum absolute atomic E-state index is 0.246. The van der Waals surface area contributed by atoms with E-state index in [2.05, 4.69) is 25.7 Å². The van der Waals surface area contributed by atoms with Gasteiger partial charge in [0, 0.05) is 18.3 Å². The van der Waals surface area contributed by atoms with E-state index in [1.807, 2.05) is 6.07 Å². The highest BCUT2D eigenvalue weighted by molar-refractivity contribution is 5.41. The third kappa shape index (κ3) is 4.65. The van der Waals surface area contributed by atoms with Gasteiger partial charge in [0.1, 0.15) is 5.82 Å². The van der Waals surface area contributed by atoms with Crippen LogP contribution in [-0.4, -0.2) is 17.5 Å². The molecular weight excluding hydrogens is 227 g/mol. The van der Waals surface area contributed by atoms with E-state index >= 15 is 0 Å². The minimum atomic E-state index is -0.246. The second kappa shape index (κ2) is 7.37. The first-order chi connectivity index (χ1) is 8.56. The maximum atomic E-state index is 13.3. The van der Waals surface area contributed by atoms with Crippen LogP contribution in [0.1, 0.15) is 45.6 Å². The molecule has 1 rings (SSSR count). The lowest BCUT2D eigenvalue weighted by Crippen LogP contribution is -2.33. The van der Waals surface area contributed by atoms with Crippen molar-refractivity contribution in [2.24, 2.45) is 0 Å². The molecule has 1 unspecified atom stereocenters. The number of nitrogen functional groups attached to an aromatic ring is 1. The second-order valence-corrected chi connectivity index (χ2v) is 4.97. The number of hydrogen-bond donors (Lipinski definition) is 1. The summed E-state index contributed by atoms with van der Waals surface area (Å²) in [6, 6.07) is 5.33. The molecule has 1 aromatic rings. The maximum absolute atomic E-state index is 13.3. The van der Waals surface area contributed by atoms with E-state index < -0.39 is 0 Å². The molecule has 0 heterocycles. The van der Waals surface area contributed by atoms with Gasteiger partial charge in [-0.2, -0.15) is 0 Å². The molecular formula is C15H25FN2. The Bertz CT molecular complexity index is 345. The van der Waals surface area contributed by atoms with Crippen molar-refractivity contribution in [1.82, 2.24) is 4.90 Å². The van der Waals surface area contributed by atoms with E-state index in [1.165, 1.54) is 18.9 Å². The van der Waals surface area contributed by atoms with Crippen LogP contribution in [0.25, 0.3) is 0 Å². The van der Waals surface area contributed by atoms with Crippen LogP contribution in [0.5, 0.6) is 0 Å². The molecule has 0 aliphatic rings. The van der Waals surface area contributed by atoms with Gasteiger partial charge in [-0.15, -0.1) is 0 Å². The lowest BCUT2D eigenvalue weighted by atomic mass is 10.1. The van der Waals surface area contributed by atoms with E-state index in [-0.39, 0.29) is 5.82 Å². The molecule has 0 fully saturated rings. The first-order valence-corrected chi connectivity index (χ1v) is 6.85. The molecule has 0 bridgehead atoms. The van der Waals surface area contributed by atoms with Crippen molar-refractivity contribution < 1.29 is 4.39 Å². The molecule has 0 saturated heterocycles. The molecule has 0 radical (unpaired) electrons. The number of anilines is 1. The lowest BCUT2D eigenvalue weighted by Gasteiger charge is -2.28. The predicted octanol–water partition coefficient (Wildman–Crippen LogP) is 3.81. The molecule has 18 heavy (non-hydrogen) atoms. The quantitative estimate of drug-likeness (QED) is 0.748. The number of rotatable bonds is 7. The van der Waals surface area contributed by atoms with E-state index in [0.717, 1.165) is 25.1 Å². The maximum Gasteiger partial charge on any atom is 0.125 e. The van der Waals surface area contributed by atoms with Crippen molar-refractivity contribution in [2.75, 3.05) is 12.3 Å². The molecule has 0 aliphatic carbocycles. The van der Waals surface area contributed by atoms with Crippen LogP contribution in [0, 0.1) is 5.82 Å². The molecule has 0 amide bonds. The van der Waals surface area contributed by atoms with Crippen molar-refractivity contribution in [3.05, 3.63) is 29.6 Å². The van der Waals surface area contributed by atoms with Gasteiger partial charge in [-0.1, -0.05) is 20.3 Å². The van der Waals surface area contributed by atoms with Gasteiger partial charge in [-0.25, -0.2) is 4.39 Å². The van der Waals surface area contributed by atoms with Gasteiger partial charge < -0.3 is 5.73 Å². The average Bonchev–Trinajstić information content (AvgIpc) is 2.32. The van der Waals surface area contributed by atoms with Gasteiger partial charge in [0.15, 0.2) is 0 Å². The monoisotopic (exact) mass is 252 g/mol. The molecule has 2 N–H and O–H groups in total. The number of halogens is 1. The van der Waals surface area contributed by atoms with Gasteiger partial charge in [0.05, 0.1) is 0 Å². The van der Waals surface area contributed by atoms with Crippen molar-refractivity contribution in [3.63, 3.8) is 0 Å². The number of hydrogen-bond acceptors (Lipinski definition) is 2. The van der Waals surface area contributed by atoms with E-state index in [1.54, 1.807) is 6.07 Å². The Kier molecular flexibility index (Phi) is 6.13. The van der Waals surface area contributed by atoms with Crippen molar-refractivity contribution >= 4 is 5.69 Å². The van der Waals surface area contributed by atoms with Crippen LogP contribution in [-0.2, 0) is 6.54 Å². The average molecular weight is 252 g/mol. The SMILES string of the molecule is CCCCN(Cc1cc(N)cc(F)c1)C(C)CC. The molecule has 3 heteroatoms. The first kappa shape index (κ1) is 15.0. The summed E-state index contributed by atoms with van der Waals surface area (Å²) in [5.41, 5.74) is 7.15. The van der Waals surface area contributed by atoms with Gasteiger partial charge >= 0.3 is 0 Å². The summed E-state index contributed by atoms with van der Waals surface area (Å²) in [6.45, 7) is 8.43. The van der Waals surface area contributed by atoms with Crippen LogP contribution < -0.4 is 5.73 Å². The Morgan fingerprint density at radius 2 is 2.00 bits per heavy atom. The zero-order valence-electron chi connectivity index (χ0n) is 11.7. The van der Waals surface area contributed by atoms with E-state index in [0.29, 0.717) is 11.7 Å². The summed E-state index contributed by atoms with van der Waals surface area (Å²) < 4.78 is 13.3.